The van der Waals surface area contributed by atoms with Gasteiger partial charge in [0.2, 0.25) is 0 Å². The zero-order chi connectivity index (χ0) is 27.7. The Labute approximate surface area is 229 Å². The standard InChI is InChI=1S/C35H44N2O/c1-32(2)17-19-34(5,6)28-25(32)21-26-29(35(7,8)20-18-33(26,3)4)30(28)37-31(38)23-15-13-22(14-16-23)24-11-9-10-12-27(24)36/h9-16,21H,17-20,36H2,1-8H3,(H,37,38). The van der Waals surface area contributed by atoms with E-state index in [9.17, 15) is 4.79 Å². The van der Waals surface area contributed by atoms with E-state index in [2.05, 4.69) is 66.8 Å². The number of amides is 1. The highest BCUT2D eigenvalue weighted by molar-refractivity contribution is 6.06. The molecule has 0 fully saturated rings. The molecular formula is C35H44N2O. The van der Waals surface area contributed by atoms with Gasteiger partial charge in [0, 0.05) is 22.5 Å². The molecule has 0 unspecified atom stereocenters. The fourth-order valence-corrected chi connectivity index (χ4v) is 6.80. The summed E-state index contributed by atoms with van der Waals surface area (Å²) in [6.45, 7) is 18.9. The van der Waals surface area contributed by atoms with E-state index in [1.165, 1.54) is 22.3 Å². The summed E-state index contributed by atoms with van der Waals surface area (Å²) >= 11 is 0. The number of hydrogen-bond acceptors (Lipinski definition) is 2. The normalized spacial score (nSPS) is 20.2. The van der Waals surface area contributed by atoms with E-state index in [0.717, 1.165) is 48.2 Å². The van der Waals surface area contributed by atoms with Gasteiger partial charge in [0.1, 0.15) is 0 Å². The molecule has 3 nitrogen and oxygen atoms in total. The highest BCUT2D eigenvalue weighted by Gasteiger charge is 2.46. The number of nitrogens with two attached hydrogens (primary N) is 1. The number of para-hydroxylation sites is 1. The lowest BCUT2D eigenvalue weighted by atomic mass is 9.56. The molecular weight excluding hydrogens is 464 g/mol. The number of nitrogens with one attached hydrogen (secondary N) is 1. The zero-order valence-corrected chi connectivity index (χ0v) is 24.5. The van der Waals surface area contributed by atoms with E-state index in [0.29, 0.717) is 5.56 Å². The van der Waals surface area contributed by atoms with Crippen molar-refractivity contribution in [2.24, 2.45) is 0 Å². The number of nitrogen functional groups attached to an aromatic ring is 1. The second-order valence-corrected chi connectivity index (χ2v) is 14.3. The van der Waals surface area contributed by atoms with Crippen molar-refractivity contribution in [3.8, 4) is 11.1 Å². The van der Waals surface area contributed by atoms with Gasteiger partial charge in [-0.1, -0.05) is 91.8 Å². The number of carbonyl (C=O) groups excluding carboxylic acids is 1. The average molecular weight is 509 g/mol. The number of fused-ring (bicyclic) bond motifs is 2. The molecule has 3 aromatic rings. The van der Waals surface area contributed by atoms with Gasteiger partial charge in [-0.25, -0.2) is 0 Å². The summed E-state index contributed by atoms with van der Waals surface area (Å²) in [6, 6.07) is 18.2. The lowest BCUT2D eigenvalue weighted by Crippen LogP contribution is -2.41. The molecule has 2 aliphatic rings. The summed E-state index contributed by atoms with van der Waals surface area (Å²) in [5, 5.41) is 3.51. The Morgan fingerprint density at radius 1 is 0.684 bits per heavy atom. The quantitative estimate of drug-likeness (QED) is 0.347. The van der Waals surface area contributed by atoms with Crippen LogP contribution in [0.3, 0.4) is 0 Å². The highest BCUT2D eigenvalue weighted by atomic mass is 16.1. The first kappa shape index (κ1) is 26.5. The SMILES string of the molecule is CC1(C)CCC(C)(C)c2c1cc1c(c2NC(=O)c2ccc(-c3ccccc3N)cc2)C(C)(C)CCC1(C)C. The number of anilines is 2. The molecule has 0 heterocycles. The van der Waals surface area contributed by atoms with Crippen LogP contribution < -0.4 is 11.1 Å². The van der Waals surface area contributed by atoms with Crippen LogP contribution in [-0.2, 0) is 21.7 Å². The van der Waals surface area contributed by atoms with Crippen molar-refractivity contribution in [1.82, 2.24) is 0 Å². The van der Waals surface area contributed by atoms with Crippen LogP contribution in [0.1, 0.15) is 114 Å². The lowest BCUT2D eigenvalue weighted by Gasteiger charge is -2.49. The molecule has 1 amide bonds. The highest BCUT2D eigenvalue weighted by Crippen LogP contribution is 2.56. The van der Waals surface area contributed by atoms with E-state index in [1.54, 1.807) is 0 Å². The number of carbonyl (C=O) groups is 1. The molecule has 0 aromatic heterocycles. The largest absolute Gasteiger partial charge is 0.398 e. The Hall–Kier alpha value is -3.07. The van der Waals surface area contributed by atoms with Crippen LogP contribution in [0, 0.1) is 0 Å². The van der Waals surface area contributed by atoms with Crippen molar-refractivity contribution in [3.63, 3.8) is 0 Å². The number of hydrogen-bond donors (Lipinski definition) is 2. The van der Waals surface area contributed by atoms with Gasteiger partial charge in [0.25, 0.3) is 5.91 Å². The van der Waals surface area contributed by atoms with Crippen molar-refractivity contribution < 1.29 is 4.79 Å². The first-order valence-corrected chi connectivity index (χ1v) is 14.1. The molecule has 38 heavy (non-hydrogen) atoms. The van der Waals surface area contributed by atoms with Crippen molar-refractivity contribution in [2.75, 3.05) is 11.1 Å². The molecule has 0 saturated heterocycles. The van der Waals surface area contributed by atoms with E-state index in [1.807, 2.05) is 48.5 Å². The zero-order valence-electron chi connectivity index (χ0n) is 24.5. The number of rotatable bonds is 3. The summed E-state index contributed by atoms with van der Waals surface area (Å²) in [6.07, 6.45) is 4.50. The molecule has 3 N–H and O–H groups in total. The second-order valence-electron chi connectivity index (χ2n) is 14.3. The summed E-state index contributed by atoms with van der Waals surface area (Å²) in [7, 11) is 0. The molecule has 2 aliphatic carbocycles. The van der Waals surface area contributed by atoms with Crippen LogP contribution in [0.5, 0.6) is 0 Å². The third-order valence-electron chi connectivity index (χ3n) is 9.55. The number of benzene rings is 3. The average Bonchev–Trinajstić information content (AvgIpc) is 2.85. The maximum Gasteiger partial charge on any atom is 0.255 e. The van der Waals surface area contributed by atoms with Gasteiger partial charge in [-0.2, -0.15) is 0 Å². The van der Waals surface area contributed by atoms with Crippen molar-refractivity contribution in [3.05, 3.63) is 82.4 Å². The molecule has 0 aliphatic heterocycles. The molecule has 0 spiro atoms. The summed E-state index contributed by atoms with van der Waals surface area (Å²) < 4.78 is 0. The van der Waals surface area contributed by atoms with Gasteiger partial charge in [0.15, 0.2) is 0 Å². The van der Waals surface area contributed by atoms with Gasteiger partial charge >= 0.3 is 0 Å². The van der Waals surface area contributed by atoms with Gasteiger partial charge < -0.3 is 11.1 Å². The fourth-order valence-electron chi connectivity index (χ4n) is 6.80. The van der Waals surface area contributed by atoms with Crippen LogP contribution in [0.25, 0.3) is 11.1 Å². The first-order valence-electron chi connectivity index (χ1n) is 14.1. The fraction of sp³-hybridized carbons (Fsp3) is 0.457. The van der Waals surface area contributed by atoms with E-state index >= 15 is 0 Å². The Balaban J connectivity index is 1.65. The molecule has 3 heteroatoms. The Bertz CT molecular complexity index is 1350. The molecule has 0 radical (unpaired) electrons. The van der Waals surface area contributed by atoms with Crippen LogP contribution >= 0.6 is 0 Å². The van der Waals surface area contributed by atoms with Gasteiger partial charge in [0.05, 0.1) is 0 Å². The molecule has 5 rings (SSSR count). The third kappa shape index (κ3) is 4.34. The van der Waals surface area contributed by atoms with Crippen LogP contribution in [0.2, 0.25) is 0 Å². The predicted octanol–water partition coefficient (Wildman–Crippen LogP) is 8.89. The van der Waals surface area contributed by atoms with E-state index < -0.39 is 0 Å². The van der Waals surface area contributed by atoms with Crippen molar-refractivity contribution >= 4 is 17.3 Å². The topological polar surface area (TPSA) is 55.1 Å². The van der Waals surface area contributed by atoms with Gasteiger partial charge in [-0.15, -0.1) is 0 Å². The van der Waals surface area contributed by atoms with E-state index in [-0.39, 0.29) is 27.6 Å². The third-order valence-corrected chi connectivity index (χ3v) is 9.55. The Morgan fingerprint density at radius 3 is 1.66 bits per heavy atom. The minimum absolute atomic E-state index is 0.0190. The Morgan fingerprint density at radius 2 is 1.16 bits per heavy atom. The second kappa shape index (κ2) is 8.73. The first-order chi connectivity index (χ1) is 17.6. The van der Waals surface area contributed by atoms with Crippen LogP contribution in [0.4, 0.5) is 11.4 Å². The molecule has 0 saturated carbocycles. The Kier molecular flexibility index (Phi) is 6.09. The molecule has 200 valence electrons. The summed E-state index contributed by atoms with van der Waals surface area (Å²) in [4.78, 5) is 13.9. The van der Waals surface area contributed by atoms with Crippen molar-refractivity contribution in [1.29, 1.82) is 0 Å². The minimum Gasteiger partial charge on any atom is -0.398 e. The maximum absolute atomic E-state index is 13.9. The van der Waals surface area contributed by atoms with Gasteiger partial charge in [-0.3, -0.25) is 4.79 Å². The maximum atomic E-state index is 13.9. The van der Waals surface area contributed by atoms with E-state index in [4.69, 9.17) is 5.73 Å². The smallest absolute Gasteiger partial charge is 0.255 e. The molecule has 3 aromatic carbocycles. The minimum atomic E-state index is -0.0495. The monoisotopic (exact) mass is 508 g/mol. The van der Waals surface area contributed by atoms with Gasteiger partial charge in [-0.05, 0) is 93.4 Å². The lowest BCUT2D eigenvalue weighted by molar-refractivity contribution is 0.102. The summed E-state index contributed by atoms with van der Waals surface area (Å²) in [5.41, 5.74) is 16.2. The molecule has 0 bridgehead atoms. The predicted molar refractivity (Wildman–Crippen MR) is 161 cm³/mol. The van der Waals surface area contributed by atoms with Crippen LogP contribution in [0.15, 0.2) is 54.6 Å². The molecule has 0 atom stereocenters. The van der Waals surface area contributed by atoms with Crippen molar-refractivity contribution in [2.45, 2.75) is 103 Å². The summed E-state index contributed by atoms with van der Waals surface area (Å²) in [5.74, 6) is -0.0495. The van der Waals surface area contributed by atoms with Crippen LogP contribution in [-0.4, -0.2) is 5.91 Å².